The fourth-order valence-electron chi connectivity index (χ4n) is 4.50. The minimum Gasteiger partial charge on any atom is -0.492 e. The summed E-state index contributed by atoms with van der Waals surface area (Å²) in [6.07, 6.45) is 6.11. The first-order chi connectivity index (χ1) is 12.0. The molecule has 5 rings (SSSR count). The van der Waals surface area contributed by atoms with E-state index in [9.17, 15) is 14.4 Å². The van der Waals surface area contributed by atoms with Crippen molar-refractivity contribution in [3.05, 3.63) is 35.9 Å². The Morgan fingerprint density at radius 2 is 1.72 bits per heavy atom. The highest BCUT2D eigenvalue weighted by atomic mass is 16.5. The summed E-state index contributed by atoms with van der Waals surface area (Å²) in [5.74, 6) is -0.216. The molecule has 5 heteroatoms. The Bertz CT molecular complexity index is 765. The van der Waals surface area contributed by atoms with Crippen molar-refractivity contribution in [1.29, 1.82) is 0 Å². The predicted octanol–water partition coefficient (Wildman–Crippen LogP) is 2.99. The molecule has 4 atom stereocenters. The van der Waals surface area contributed by atoms with Crippen LogP contribution in [-0.2, 0) is 9.59 Å². The van der Waals surface area contributed by atoms with Crippen LogP contribution < -0.4 is 9.64 Å². The Morgan fingerprint density at radius 1 is 1.12 bits per heavy atom. The van der Waals surface area contributed by atoms with Gasteiger partial charge in [0.2, 0.25) is 11.8 Å². The lowest BCUT2D eigenvalue weighted by molar-refractivity contribution is -0.124. The van der Waals surface area contributed by atoms with Gasteiger partial charge in [0.05, 0.1) is 24.1 Å². The van der Waals surface area contributed by atoms with Crippen LogP contribution in [0.1, 0.15) is 37.0 Å². The average molecular weight is 339 g/mol. The van der Waals surface area contributed by atoms with E-state index in [1.54, 1.807) is 18.2 Å². The van der Waals surface area contributed by atoms with Gasteiger partial charge < -0.3 is 4.74 Å². The van der Waals surface area contributed by atoms with Crippen LogP contribution in [0.3, 0.4) is 0 Å². The fraction of sp³-hybridized carbons (Fsp3) is 0.450. The first-order valence-corrected chi connectivity index (χ1v) is 8.86. The summed E-state index contributed by atoms with van der Waals surface area (Å²) in [4.78, 5) is 39.3. The number of benzene rings is 1. The molecule has 130 valence electrons. The summed E-state index contributed by atoms with van der Waals surface area (Å²) in [6, 6.07) is 4.95. The van der Waals surface area contributed by atoms with E-state index in [-0.39, 0.29) is 41.3 Å². The number of allylic oxidation sites excluding steroid dienone is 2. The minimum atomic E-state index is -0.272. The van der Waals surface area contributed by atoms with E-state index in [1.165, 1.54) is 11.8 Å². The van der Waals surface area contributed by atoms with E-state index >= 15 is 0 Å². The number of imide groups is 1. The van der Waals surface area contributed by atoms with Gasteiger partial charge in [-0.2, -0.15) is 0 Å². The van der Waals surface area contributed by atoms with Crippen molar-refractivity contribution in [3.63, 3.8) is 0 Å². The zero-order valence-corrected chi connectivity index (χ0v) is 14.4. The number of carbonyl (C=O) groups excluding carboxylic acids is 3. The summed E-state index contributed by atoms with van der Waals surface area (Å²) in [7, 11) is 0. The van der Waals surface area contributed by atoms with Gasteiger partial charge >= 0.3 is 0 Å². The lowest BCUT2D eigenvalue weighted by Crippen LogP contribution is -2.38. The second-order valence-corrected chi connectivity index (χ2v) is 7.03. The number of hydrogen-bond donors (Lipinski definition) is 0. The number of anilines is 1. The van der Waals surface area contributed by atoms with Crippen LogP contribution >= 0.6 is 0 Å². The number of carbonyl (C=O) groups is 3. The molecule has 0 unspecified atom stereocenters. The van der Waals surface area contributed by atoms with Crippen molar-refractivity contribution in [1.82, 2.24) is 0 Å². The maximum Gasteiger partial charge on any atom is 0.238 e. The summed E-state index contributed by atoms with van der Waals surface area (Å²) in [5, 5.41) is 0. The number of rotatable bonds is 4. The van der Waals surface area contributed by atoms with Gasteiger partial charge in [-0.25, -0.2) is 4.90 Å². The van der Waals surface area contributed by atoms with Crippen molar-refractivity contribution in [3.8, 4) is 5.75 Å². The van der Waals surface area contributed by atoms with Gasteiger partial charge in [-0.15, -0.1) is 0 Å². The molecule has 0 aromatic heterocycles. The second-order valence-electron chi connectivity index (χ2n) is 7.03. The molecule has 25 heavy (non-hydrogen) atoms. The number of amides is 2. The second kappa shape index (κ2) is 5.83. The first kappa shape index (κ1) is 16.1. The standard InChI is InChI=1S/C20H21NO4/c1-3-25-16-9-8-14(11(2)22)10-15(16)21-19(23)17-12-4-5-13(7-6-12)18(17)20(21)24/h4-5,8-10,12-13,17-18H,3,6-7H2,1-2H3/t12-,13+,17-,18+. The molecule has 1 aromatic rings. The number of ketones is 1. The normalized spacial score (nSPS) is 29.9. The van der Waals surface area contributed by atoms with Crippen LogP contribution in [0.4, 0.5) is 5.69 Å². The number of Topliss-reactive ketones (excluding diaryl/α,β-unsaturated/α-hetero) is 1. The summed E-state index contributed by atoms with van der Waals surface area (Å²) in [5.41, 5.74) is 0.869. The molecule has 1 aromatic carbocycles. The van der Waals surface area contributed by atoms with E-state index in [0.717, 1.165) is 12.8 Å². The Morgan fingerprint density at radius 3 is 2.20 bits per heavy atom. The molecule has 5 nitrogen and oxygen atoms in total. The highest BCUT2D eigenvalue weighted by Crippen LogP contribution is 2.51. The molecule has 1 saturated heterocycles. The monoisotopic (exact) mass is 339 g/mol. The molecule has 1 saturated carbocycles. The topological polar surface area (TPSA) is 63.7 Å². The van der Waals surface area contributed by atoms with Crippen LogP contribution in [0.2, 0.25) is 0 Å². The zero-order valence-electron chi connectivity index (χ0n) is 14.4. The number of ether oxygens (including phenoxy) is 1. The van der Waals surface area contributed by atoms with E-state index in [0.29, 0.717) is 23.6 Å². The van der Waals surface area contributed by atoms with E-state index in [2.05, 4.69) is 12.2 Å². The van der Waals surface area contributed by atoms with Crippen molar-refractivity contribution in [2.24, 2.45) is 23.7 Å². The van der Waals surface area contributed by atoms with E-state index < -0.39 is 0 Å². The van der Waals surface area contributed by atoms with Crippen LogP contribution in [0, 0.1) is 23.7 Å². The zero-order chi connectivity index (χ0) is 17.7. The van der Waals surface area contributed by atoms with Crippen LogP contribution in [-0.4, -0.2) is 24.2 Å². The van der Waals surface area contributed by atoms with E-state index in [1.807, 2.05) is 6.92 Å². The molecule has 2 fully saturated rings. The molecule has 2 amide bonds. The maximum atomic E-state index is 13.1. The Labute approximate surface area is 146 Å². The lowest BCUT2D eigenvalue weighted by Gasteiger charge is -2.38. The largest absolute Gasteiger partial charge is 0.492 e. The van der Waals surface area contributed by atoms with Gasteiger partial charge in [0, 0.05) is 5.56 Å². The molecular formula is C20H21NO4. The van der Waals surface area contributed by atoms with Gasteiger partial charge in [-0.1, -0.05) is 12.2 Å². The van der Waals surface area contributed by atoms with Crippen LogP contribution in [0.5, 0.6) is 5.75 Å². The van der Waals surface area contributed by atoms with Crippen LogP contribution in [0.25, 0.3) is 0 Å². The third kappa shape index (κ3) is 2.33. The Balaban J connectivity index is 1.79. The predicted molar refractivity (Wildman–Crippen MR) is 92.4 cm³/mol. The van der Waals surface area contributed by atoms with Gasteiger partial charge in [0.1, 0.15) is 5.75 Å². The van der Waals surface area contributed by atoms with Crippen molar-refractivity contribution in [2.45, 2.75) is 26.7 Å². The van der Waals surface area contributed by atoms with Crippen molar-refractivity contribution in [2.75, 3.05) is 11.5 Å². The SMILES string of the molecule is CCOc1ccc(C(C)=O)cc1N1C(=O)[C@@H]2[C@H](C1=O)[C@@H]1C=C[C@H]2CC1. The van der Waals surface area contributed by atoms with Crippen molar-refractivity contribution >= 4 is 23.3 Å². The molecular weight excluding hydrogens is 318 g/mol. The Kier molecular flexibility index (Phi) is 3.74. The minimum absolute atomic E-state index is 0.109. The molecule has 4 aliphatic rings. The molecule has 2 bridgehead atoms. The number of fused-ring (bicyclic) bond motifs is 1. The number of hydrogen-bond acceptors (Lipinski definition) is 4. The summed E-state index contributed by atoms with van der Waals surface area (Å²) >= 11 is 0. The van der Waals surface area contributed by atoms with Gasteiger partial charge in [0.25, 0.3) is 0 Å². The smallest absolute Gasteiger partial charge is 0.238 e. The molecule has 3 aliphatic carbocycles. The summed E-state index contributed by atoms with van der Waals surface area (Å²) < 4.78 is 5.63. The van der Waals surface area contributed by atoms with Gasteiger partial charge in [-0.05, 0) is 56.7 Å². The third-order valence-electron chi connectivity index (χ3n) is 5.67. The fourth-order valence-corrected chi connectivity index (χ4v) is 4.50. The highest BCUT2D eigenvalue weighted by Gasteiger charge is 2.57. The average Bonchev–Trinajstić information content (AvgIpc) is 2.90. The summed E-state index contributed by atoms with van der Waals surface area (Å²) in [6.45, 7) is 3.74. The third-order valence-corrected chi connectivity index (χ3v) is 5.67. The Hall–Kier alpha value is -2.43. The first-order valence-electron chi connectivity index (χ1n) is 8.86. The van der Waals surface area contributed by atoms with Crippen LogP contribution in [0.15, 0.2) is 30.4 Å². The molecule has 1 heterocycles. The quantitative estimate of drug-likeness (QED) is 0.481. The van der Waals surface area contributed by atoms with Gasteiger partial charge in [0.15, 0.2) is 5.78 Å². The van der Waals surface area contributed by atoms with E-state index in [4.69, 9.17) is 4.74 Å². The maximum absolute atomic E-state index is 13.1. The molecule has 1 aliphatic heterocycles. The van der Waals surface area contributed by atoms with Crippen molar-refractivity contribution < 1.29 is 19.1 Å². The molecule has 0 radical (unpaired) electrons. The van der Waals surface area contributed by atoms with Gasteiger partial charge in [-0.3, -0.25) is 14.4 Å². The number of nitrogens with zero attached hydrogens (tertiary/aromatic N) is 1. The molecule has 0 N–H and O–H groups in total. The lowest BCUT2D eigenvalue weighted by atomic mass is 9.63. The molecule has 0 spiro atoms. The highest BCUT2D eigenvalue weighted by molar-refractivity contribution is 6.23.